The molecule has 4 atom stereocenters. The van der Waals surface area contributed by atoms with Crippen LogP contribution in [0.1, 0.15) is 65.2 Å². The second-order valence-corrected chi connectivity index (χ2v) is 6.06. The minimum absolute atomic E-state index is 0.325. The quantitative estimate of drug-likeness (QED) is 0.649. The van der Waals surface area contributed by atoms with Crippen LogP contribution >= 0.6 is 0 Å². The summed E-state index contributed by atoms with van der Waals surface area (Å²) < 4.78 is 18.5. The van der Waals surface area contributed by atoms with Crippen LogP contribution in [0.25, 0.3) is 0 Å². The third-order valence-electron chi connectivity index (χ3n) is 4.43. The minimum Gasteiger partial charge on any atom is -0.347 e. The fraction of sp³-hybridized carbons (Fsp3) is 1.00. The van der Waals surface area contributed by atoms with Gasteiger partial charge in [0.25, 0.3) is 0 Å². The van der Waals surface area contributed by atoms with Crippen LogP contribution in [0.2, 0.25) is 0 Å². The first-order valence-electron chi connectivity index (χ1n) is 7.17. The van der Waals surface area contributed by atoms with Crippen molar-refractivity contribution in [2.75, 3.05) is 0 Å². The highest BCUT2D eigenvalue weighted by Gasteiger charge is 2.53. The molecule has 0 bridgehead atoms. The maximum absolute atomic E-state index is 6.31. The summed E-state index contributed by atoms with van der Waals surface area (Å²) in [6.07, 6.45) is 9.51. The van der Waals surface area contributed by atoms with Gasteiger partial charge in [0.2, 0.25) is 0 Å². The largest absolute Gasteiger partial charge is 0.347 e. The zero-order valence-electron chi connectivity index (χ0n) is 11.0. The molecule has 0 radical (unpaired) electrons. The van der Waals surface area contributed by atoms with Crippen LogP contribution in [-0.4, -0.2) is 23.8 Å². The summed E-state index contributed by atoms with van der Waals surface area (Å²) >= 11 is 0. The summed E-state index contributed by atoms with van der Waals surface area (Å²) in [7, 11) is 0. The van der Waals surface area contributed by atoms with E-state index in [9.17, 15) is 0 Å². The van der Waals surface area contributed by atoms with E-state index in [1.807, 2.05) is 0 Å². The van der Waals surface area contributed by atoms with Gasteiger partial charge in [-0.2, -0.15) is 0 Å². The van der Waals surface area contributed by atoms with E-state index < -0.39 is 0 Å². The SMILES string of the molecule is CC1CCC[C@]2(CC[C@@]3(CCCC(C)O3)O2)O1. The molecule has 3 heteroatoms. The van der Waals surface area contributed by atoms with Crippen LogP contribution in [0.5, 0.6) is 0 Å². The van der Waals surface area contributed by atoms with Gasteiger partial charge in [0, 0.05) is 25.7 Å². The Kier molecular flexibility index (Phi) is 2.96. The van der Waals surface area contributed by atoms with Gasteiger partial charge in [-0.3, -0.25) is 0 Å². The predicted molar refractivity (Wildman–Crippen MR) is 64.6 cm³/mol. The zero-order chi connectivity index (χ0) is 11.9. The molecule has 3 heterocycles. The molecule has 3 fully saturated rings. The lowest BCUT2D eigenvalue weighted by atomic mass is 9.96. The Bertz CT molecular complexity index is 265. The minimum atomic E-state index is -0.325. The number of hydrogen-bond acceptors (Lipinski definition) is 3. The van der Waals surface area contributed by atoms with Crippen LogP contribution in [0.3, 0.4) is 0 Å². The normalized spacial score (nSPS) is 51.2. The molecule has 3 saturated heterocycles. The van der Waals surface area contributed by atoms with Gasteiger partial charge in [-0.05, 0) is 39.5 Å². The van der Waals surface area contributed by atoms with Gasteiger partial charge in [0.05, 0.1) is 12.2 Å². The van der Waals surface area contributed by atoms with E-state index in [1.165, 1.54) is 12.8 Å². The Morgan fingerprint density at radius 3 is 1.65 bits per heavy atom. The monoisotopic (exact) mass is 240 g/mol. The fourth-order valence-corrected chi connectivity index (χ4v) is 3.63. The Morgan fingerprint density at radius 1 is 0.765 bits per heavy atom. The fourth-order valence-electron chi connectivity index (χ4n) is 3.63. The van der Waals surface area contributed by atoms with Crippen LogP contribution < -0.4 is 0 Å². The van der Waals surface area contributed by atoms with Crippen molar-refractivity contribution in [2.24, 2.45) is 0 Å². The maximum atomic E-state index is 6.31. The summed E-state index contributed by atoms with van der Waals surface area (Å²) in [5.41, 5.74) is 0. The van der Waals surface area contributed by atoms with Crippen molar-refractivity contribution in [1.29, 1.82) is 0 Å². The highest BCUT2D eigenvalue weighted by atomic mass is 16.8. The van der Waals surface area contributed by atoms with Crippen molar-refractivity contribution in [1.82, 2.24) is 0 Å². The molecule has 0 saturated carbocycles. The predicted octanol–water partition coefficient (Wildman–Crippen LogP) is 3.37. The van der Waals surface area contributed by atoms with Crippen molar-refractivity contribution >= 4 is 0 Å². The second-order valence-electron chi connectivity index (χ2n) is 6.06. The van der Waals surface area contributed by atoms with Gasteiger partial charge < -0.3 is 14.2 Å². The van der Waals surface area contributed by atoms with Crippen molar-refractivity contribution < 1.29 is 14.2 Å². The lowest BCUT2D eigenvalue weighted by Crippen LogP contribution is -2.46. The Hall–Kier alpha value is -0.120. The summed E-state index contributed by atoms with van der Waals surface area (Å²) in [6, 6.07) is 0. The number of rotatable bonds is 0. The Morgan fingerprint density at radius 2 is 1.24 bits per heavy atom. The molecular weight excluding hydrogens is 216 g/mol. The first-order valence-corrected chi connectivity index (χ1v) is 7.17. The first-order chi connectivity index (χ1) is 8.12. The molecule has 0 aromatic heterocycles. The van der Waals surface area contributed by atoms with Gasteiger partial charge in [0.15, 0.2) is 11.6 Å². The van der Waals surface area contributed by atoms with Crippen molar-refractivity contribution in [3.05, 3.63) is 0 Å². The van der Waals surface area contributed by atoms with Gasteiger partial charge in [0.1, 0.15) is 0 Å². The molecule has 2 unspecified atom stereocenters. The topological polar surface area (TPSA) is 27.7 Å². The van der Waals surface area contributed by atoms with Crippen molar-refractivity contribution in [3.63, 3.8) is 0 Å². The summed E-state index contributed by atoms with van der Waals surface area (Å²) in [5.74, 6) is -0.649. The average molecular weight is 240 g/mol. The average Bonchev–Trinajstić information content (AvgIpc) is 2.56. The van der Waals surface area contributed by atoms with E-state index >= 15 is 0 Å². The molecule has 0 aromatic carbocycles. The maximum Gasteiger partial charge on any atom is 0.172 e. The lowest BCUT2D eigenvalue weighted by Gasteiger charge is -2.42. The van der Waals surface area contributed by atoms with E-state index in [0.29, 0.717) is 12.2 Å². The van der Waals surface area contributed by atoms with Crippen molar-refractivity contribution in [3.8, 4) is 0 Å². The molecule has 3 aliphatic heterocycles. The molecule has 2 spiro atoms. The molecule has 0 aliphatic carbocycles. The molecule has 17 heavy (non-hydrogen) atoms. The summed E-state index contributed by atoms with van der Waals surface area (Å²) in [4.78, 5) is 0. The van der Waals surface area contributed by atoms with Crippen LogP contribution in [-0.2, 0) is 14.2 Å². The molecule has 3 aliphatic rings. The van der Waals surface area contributed by atoms with E-state index in [4.69, 9.17) is 14.2 Å². The molecule has 3 nitrogen and oxygen atoms in total. The summed E-state index contributed by atoms with van der Waals surface area (Å²) in [6.45, 7) is 4.30. The van der Waals surface area contributed by atoms with Crippen LogP contribution in [0.4, 0.5) is 0 Å². The highest BCUT2D eigenvalue weighted by molar-refractivity contribution is 4.91. The van der Waals surface area contributed by atoms with E-state index in [0.717, 1.165) is 38.5 Å². The van der Waals surface area contributed by atoms with Crippen molar-refractivity contribution in [2.45, 2.75) is 89.0 Å². The summed E-state index contributed by atoms with van der Waals surface area (Å²) in [5, 5.41) is 0. The standard InChI is InChI=1S/C14H24O3/c1-11-5-3-7-13(15-11)9-10-14(17-13)8-4-6-12(2)16-14/h11-12H,3-10H2,1-2H3/t11?,12?,13-,14+. The van der Waals surface area contributed by atoms with Gasteiger partial charge in [-0.25, -0.2) is 0 Å². The molecule has 0 N–H and O–H groups in total. The highest BCUT2D eigenvalue weighted by Crippen LogP contribution is 2.49. The van der Waals surface area contributed by atoms with Gasteiger partial charge >= 0.3 is 0 Å². The molecule has 98 valence electrons. The Balaban J connectivity index is 1.71. The van der Waals surface area contributed by atoms with Crippen LogP contribution in [0.15, 0.2) is 0 Å². The molecule has 3 rings (SSSR count). The smallest absolute Gasteiger partial charge is 0.172 e. The zero-order valence-corrected chi connectivity index (χ0v) is 11.0. The lowest BCUT2D eigenvalue weighted by molar-refractivity contribution is -0.355. The van der Waals surface area contributed by atoms with E-state index in [-0.39, 0.29) is 11.6 Å². The second kappa shape index (κ2) is 4.22. The van der Waals surface area contributed by atoms with E-state index in [2.05, 4.69) is 13.8 Å². The van der Waals surface area contributed by atoms with E-state index in [1.54, 1.807) is 0 Å². The number of ether oxygens (including phenoxy) is 3. The number of hydrogen-bond donors (Lipinski definition) is 0. The first kappa shape index (κ1) is 11.9. The third-order valence-corrected chi connectivity index (χ3v) is 4.43. The third kappa shape index (κ3) is 2.25. The molecule has 0 amide bonds. The molecular formula is C14H24O3. The van der Waals surface area contributed by atoms with Gasteiger partial charge in [-0.1, -0.05) is 0 Å². The Labute approximate surface area is 104 Å². The van der Waals surface area contributed by atoms with Crippen LogP contribution in [0, 0.1) is 0 Å². The molecule has 0 aromatic rings. The van der Waals surface area contributed by atoms with Gasteiger partial charge in [-0.15, -0.1) is 0 Å².